The Kier molecular flexibility index (Phi) is 7.57. The molecule has 0 aliphatic heterocycles. The van der Waals surface area contributed by atoms with Crippen molar-refractivity contribution in [3.05, 3.63) is 65.7 Å². The van der Waals surface area contributed by atoms with Crippen LogP contribution in [0, 0.1) is 6.04 Å². The van der Waals surface area contributed by atoms with E-state index in [0.717, 1.165) is 0 Å². The van der Waals surface area contributed by atoms with Crippen molar-refractivity contribution in [3.63, 3.8) is 0 Å². The van der Waals surface area contributed by atoms with Crippen LogP contribution < -0.4 is 10.6 Å². The lowest BCUT2D eigenvalue weighted by Gasteiger charge is -2.35. The molecule has 2 atom stereocenters. The van der Waals surface area contributed by atoms with E-state index in [4.69, 9.17) is 0 Å². The van der Waals surface area contributed by atoms with Crippen LogP contribution in [0.15, 0.2) is 48.6 Å². The maximum atomic E-state index is 12.4. The van der Waals surface area contributed by atoms with E-state index in [1.165, 1.54) is 60.7 Å². The van der Waals surface area contributed by atoms with Gasteiger partial charge in [-0.05, 0) is 66.8 Å². The zero-order chi connectivity index (χ0) is 24.0. The molecule has 1 aliphatic rings. The second-order valence-electron chi connectivity index (χ2n) is 7.62. The van der Waals surface area contributed by atoms with Crippen LogP contribution in [-0.4, -0.2) is 49.5 Å². The number of hydrogen-bond donors (Lipinski definition) is 7. The van der Waals surface area contributed by atoms with Crippen LogP contribution >= 0.6 is 0 Å². The molecule has 7 N–H and O–H groups in total. The van der Waals surface area contributed by atoms with Gasteiger partial charge in [0.1, 0.15) is 0 Å². The van der Waals surface area contributed by atoms with Crippen molar-refractivity contribution in [2.24, 2.45) is 0 Å². The van der Waals surface area contributed by atoms with E-state index in [-0.39, 0.29) is 23.0 Å². The maximum Gasteiger partial charge on any atom is 0.244 e. The first-order chi connectivity index (χ1) is 15.7. The minimum atomic E-state index is -0.873. The molecule has 0 saturated heterocycles. The quantitative estimate of drug-likeness (QED) is 0.260. The van der Waals surface area contributed by atoms with Gasteiger partial charge >= 0.3 is 0 Å². The van der Waals surface area contributed by atoms with Gasteiger partial charge < -0.3 is 36.2 Å². The molecule has 0 spiro atoms. The lowest BCUT2D eigenvalue weighted by Crippen LogP contribution is -2.54. The van der Waals surface area contributed by atoms with E-state index in [9.17, 15) is 35.1 Å². The number of aromatic hydroxyl groups is 4. The van der Waals surface area contributed by atoms with Gasteiger partial charge in [-0.3, -0.25) is 9.59 Å². The maximum absolute atomic E-state index is 12.4. The van der Waals surface area contributed by atoms with Gasteiger partial charge in [0.25, 0.3) is 0 Å². The topological polar surface area (TPSA) is 159 Å². The van der Waals surface area contributed by atoms with Crippen LogP contribution in [-0.2, 0) is 9.59 Å². The molecule has 1 fully saturated rings. The Hall–Kier alpha value is -3.98. The van der Waals surface area contributed by atoms with Crippen molar-refractivity contribution < 1.29 is 35.1 Å². The Labute approximate surface area is 190 Å². The molecular formula is C24H25N2O7. The summed E-state index contributed by atoms with van der Waals surface area (Å²) in [6.45, 7) is 0. The number of phenols is 4. The number of carbonyl (C=O) groups excluding carboxylic acids is 2. The molecule has 2 amide bonds. The van der Waals surface area contributed by atoms with Gasteiger partial charge in [-0.15, -0.1) is 0 Å². The lowest BCUT2D eigenvalue weighted by atomic mass is 9.87. The number of aliphatic hydroxyl groups is 1. The number of phenolic OH excluding ortho intramolecular Hbond substituents is 4. The fraction of sp³-hybridized carbons (Fsp3) is 0.208. The molecule has 2 aromatic rings. The average Bonchev–Trinajstić information content (AvgIpc) is 2.78. The minimum absolute atomic E-state index is 0.266. The molecule has 0 aromatic heterocycles. The summed E-state index contributed by atoms with van der Waals surface area (Å²) in [5, 5.41) is 53.5. The first kappa shape index (κ1) is 23.7. The number of nitrogens with one attached hydrogen (secondary N) is 2. The Bertz CT molecular complexity index is 1080. The van der Waals surface area contributed by atoms with Crippen molar-refractivity contribution in [2.75, 3.05) is 0 Å². The average molecular weight is 453 g/mol. The normalized spacial score (nSPS) is 19.1. The summed E-state index contributed by atoms with van der Waals surface area (Å²) in [6.07, 6.45) is 6.08. The summed E-state index contributed by atoms with van der Waals surface area (Å²) < 4.78 is 0. The number of benzene rings is 2. The monoisotopic (exact) mass is 453 g/mol. The Morgan fingerprint density at radius 2 is 1.36 bits per heavy atom. The van der Waals surface area contributed by atoms with Crippen molar-refractivity contribution in [1.82, 2.24) is 10.6 Å². The van der Waals surface area contributed by atoms with E-state index in [1.54, 1.807) is 0 Å². The van der Waals surface area contributed by atoms with Gasteiger partial charge in [0, 0.05) is 12.2 Å². The first-order valence-electron chi connectivity index (χ1n) is 10.3. The van der Waals surface area contributed by atoms with Crippen LogP contribution in [0.1, 0.15) is 30.4 Å². The van der Waals surface area contributed by atoms with Crippen molar-refractivity contribution in [3.8, 4) is 23.0 Å². The van der Waals surface area contributed by atoms with E-state index in [2.05, 4.69) is 10.6 Å². The summed E-state index contributed by atoms with van der Waals surface area (Å²) in [5.74, 6) is -2.13. The molecule has 3 rings (SSSR count). The number of amides is 2. The number of rotatable bonds is 6. The van der Waals surface area contributed by atoms with Gasteiger partial charge in [0.15, 0.2) is 23.0 Å². The standard InChI is InChI=1S/C24H25N2O7/c27-17-8-4-14(12-20(17)30)6-10-22(32)25-16-2-1-3-19(29)24(16)26-23(33)11-7-15-5-9-18(28)21(31)13-15/h4-13,19,24,27-31H,1-3H2,(H,25,32)(H,26,33). The number of carbonyl (C=O) groups is 2. The molecule has 1 radical (unpaired) electrons. The van der Waals surface area contributed by atoms with E-state index < -0.39 is 24.0 Å². The van der Waals surface area contributed by atoms with Crippen LogP contribution in [0.3, 0.4) is 0 Å². The highest BCUT2D eigenvalue weighted by Gasteiger charge is 2.34. The van der Waals surface area contributed by atoms with Gasteiger partial charge in [0.2, 0.25) is 11.8 Å². The third kappa shape index (κ3) is 6.50. The third-order valence-corrected chi connectivity index (χ3v) is 5.14. The predicted molar refractivity (Wildman–Crippen MR) is 121 cm³/mol. The Balaban J connectivity index is 1.62. The predicted octanol–water partition coefficient (Wildman–Crippen LogP) is 1.91. The zero-order valence-corrected chi connectivity index (χ0v) is 17.6. The van der Waals surface area contributed by atoms with Gasteiger partial charge in [-0.2, -0.15) is 0 Å². The fourth-order valence-electron chi connectivity index (χ4n) is 3.41. The van der Waals surface area contributed by atoms with Gasteiger partial charge in [0.05, 0.1) is 18.2 Å². The largest absolute Gasteiger partial charge is 0.504 e. The molecule has 33 heavy (non-hydrogen) atoms. The third-order valence-electron chi connectivity index (χ3n) is 5.14. The lowest BCUT2D eigenvalue weighted by molar-refractivity contribution is -0.120. The van der Waals surface area contributed by atoms with Crippen molar-refractivity contribution in [1.29, 1.82) is 0 Å². The molecule has 9 nitrogen and oxygen atoms in total. The first-order valence-corrected chi connectivity index (χ1v) is 10.3. The minimum Gasteiger partial charge on any atom is -0.504 e. The highest BCUT2D eigenvalue weighted by atomic mass is 16.3. The Morgan fingerprint density at radius 1 is 0.818 bits per heavy atom. The second-order valence-corrected chi connectivity index (χ2v) is 7.62. The van der Waals surface area contributed by atoms with Crippen molar-refractivity contribution >= 4 is 24.0 Å². The van der Waals surface area contributed by atoms with Crippen LogP contribution in [0.25, 0.3) is 12.2 Å². The molecule has 0 bridgehead atoms. The van der Waals surface area contributed by atoms with E-state index >= 15 is 0 Å². The second kappa shape index (κ2) is 10.6. The molecule has 9 heteroatoms. The molecule has 1 saturated carbocycles. The zero-order valence-electron chi connectivity index (χ0n) is 17.6. The molecule has 0 heterocycles. The summed E-state index contributed by atoms with van der Waals surface area (Å²) in [5.41, 5.74) is 0.997. The van der Waals surface area contributed by atoms with Crippen LogP contribution in [0.2, 0.25) is 0 Å². The van der Waals surface area contributed by atoms with Crippen LogP contribution in [0.5, 0.6) is 23.0 Å². The number of aliphatic hydroxyl groups excluding tert-OH is 1. The molecule has 2 unspecified atom stereocenters. The van der Waals surface area contributed by atoms with Gasteiger partial charge in [-0.25, -0.2) is 0 Å². The molecule has 1 aliphatic carbocycles. The Morgan fingerprint density at radius 3 is 1.91 bits per heavy atom. The molecule has 173 valence electrons. The van der Waals surface area contributed by atoms with E-state index in [1.807, 2.05) is 0 Å². The summed E-state index contributed by atoms with van der Waals surface area (Å²) in [7, 11) is 0. The summed E-state index contributed by atoms with van der Waals surface area (Å²) >= 11 is 0. The van der Waals surface area contributed by atoms with Gasteiger partial charge in [-0.1, -0.05) is 12.1 Å². The van der Waals surface area contributed by atoms with Crippen molar-refractivity contribution in [2.45, 2.75) is 31.4 Å². The highest BCUT2D eigenvalue weighted by molar-refractivity contribution is 5.94. The SMILES string of the molecule is O=C(C=Cc1ccc(O)c(O)c1)N[C]1CCCC(O)C1NC(=O)C=Cc1ccc(O)c(O)c1. The fourth-order valence-corrected chi connectivity index (χ4v) is 3.41. The highest BCUT2D eigenvalue weighted by Crippen LogP contribution is 2.27. The molecular weight excluding hydrogens is 428 g/mol. The van der Waals surface area contributed by atoms with Crippen LogP contribution in [0.4, 0.5) is 0 Å². The van der Waals surface area contributed by atoms with E-state index in [0.29, 0.717) is 36.4 Å². The number of hydrogen-bond acceptors (Lipinski definition) is 7. The summed E-state index contributed by atoms with van der Waals surface area (Å²) in [6, 6.07) is 7.95. The summed E-state index contributed by atoms with van der Waals surface area (Å²) in [4.78, 5) is 24.7. The smallest absolute Gasteiger partial charge is 0.244 e. The molecule has 2 aromatic carbocycles.